The maximum atomic E-state index is 5.26. The molecule has 0 amide bonds. The maximum absolute atomic E-state index is 5.26. The summed E-state index contributed by atoms with van der Waals surface area (Å²) < 4.78 is 0.829. The van der Waals surface area contributed by atoms with E-state index in [4.69, 9.17) is 5.73 Å². The molecule has 1 aromatic heterocycles. The highest BCUT2D eigenvalue weighted by molar-refractivity contribution is 14.1. The zero-order chi connectivity index (χ0) is 5.28. The van der Waals surface area contributed by atoms with Crippen LogP contribution in [0.5, 0.6) is 0 Å². The van der Waals surface area contributed by atoms with Crippen molar-refractivity contribution in [1.82, 2.24) is 9.97 Å². The molecule has 3 N–H and O–H groups in total. The Morgan fingerprint density at radius 1 is 1.86 bits per heavy atom. The Morgan fingerprint density at radius 2 is 2.57 bits per heavy atom. The number of nitrogens with two attached hydrogens (primary N) is 1. The second kappa shape index (κ2) is 1.69. The highest BCUT2D eigenvalue weighted by Crippen LogP contribution is 1.98. The lowest BCUT2D eigenvalue weighted by atomic mass is 10.8. The van der Waals surface area contributed by atoms with E-state index in [9.17, 15) is 0 Å². The van der Waals surface area contributed by atoms with Gasteiger partial charge in [0.1, 0.15) is 5.82 Å². The van der Waals surface area contributed by atoms with Gasteiger partial charge in [-0.15, -0.1) is 0 Å². The molecule has 38 valence electrons. The summed E-state index contributed by atoms with van der Waals surface area (Å²) in [4.78, 5) is 6.61. The first-order chi connectivity index (χ1) is 3.29. The molecule has 1 rings (SSSR count). The summed E-state index contributed by atoms with van der Waals surface area (Å²) >= 11 is 2.05. The van der Waals surface area contributed by atoms with Crippen LogP contribution in [-0.2, 0) is 0 Å². The largest absolute Gasteiger partial charge is 0.384 e. The highest BCUT2D eigenvalue weighted by Gasteiger charge is 1.86. The van der Waals surface area contributed by atoms with Gasteiger partial charge in [-0.05, 0) is 22.6 Å². The Hall–Kier alpha value is -0.260. The third kappa shape index (κ3) is 1.05. The van der Waals surface area contributed by atoms with E-state index < -0.39 is 0 Å². The van der Waals surface area contributed by atoms with Crippen LogP contribution in [0.1, 0.15) is 0 Å². The van der Waals surface area contributed by atoms with Gasteiger partial charge >= 0.3 is 0 Å². The quantitative estimate of drug-likeness (QED) is 0.614. The fourth-order valence-corrected chi connectivity index (χ4v) is 0.761. The summed E-state index contributed by atoms with van der Waals surface area (Å²) in [6, 6.07) is 0. The molecule has 0 aliphatic heterocycles. The molecule has 0 aromatic carbocycles. The van der Waals surface area contributed by atoms with E-state index in [0.29, 0.717) is 5.82 Å². The lowest BCUT2D eigenvalue weighted by molar-refractivity contribution is 1.23. The number of rotatable bonds is 0. The number of nitrogens with one attached hydrogen (secondary N) is 1. The Balaban J connectivity index is 3.04. The second-order valence-corrected chi connectivity index (χ2v) is 2.15. The van der Waals surface area contributed by atoms with Gasteiger partial charge in [0.15, 0.2) is 3.83 Å². The van der Waals surface area contributed by atoms with E-state index in [-0.39, 0.29) is 0 Å². The summed E-state index contributed by atoms with van der Waals surface area (Å²) in [5, 5.41) is 0. The van der Waals surface area contributed by atoms with Crippen LogP contribution in [-0.4, -0.2) is 9.97 Å². The van der Waals surface area contributed by atoms with Gasteiger partial charge in [-0.25, -0.2) is 4.98 Å². The smallest absolute Gasteiger partial charge is 0.170 e. The summed E-state index contributed by atoms with van der Waals surface area (Å²) in [5.74, 6) is 0.615. The predicted molar refractivity (Wildman–Crippen MR) is 35.7 cm³/mol. The van der Waals surface area contributed by atoms with Gasteiger partial charge < -0.3 is 10.7 Å². The molecule has 0 radical (unpaired) electrons. The number of hydrogen-bond donors (Lipinski definition) is 2. The molecule has 0 saturated carbocycles. The van der Waals surface area contributed by atoms with Crippen molar-refractivity contribution < 1.29 is 0 Å². The Morgan fingerprint density at radius 3 is 2.71 bits per heavy atom. The molecule has 0 unspecified atom stereocenters. The molecule has 1 aromatic rings. The average molecular weight is 209 g/mol. The van der Waals surface area contributed by atoms with E-state index in [1.807, 2.05) is 0 Å². The molecule has 0 aliphatic carbocycles. The normalized spacial score (nSPS) is 9.29. The standard InChI is InChI=1S/C3H4IN3/c4-3-6-1-2(5)7-3/h1H,5H2,(H,6,7). The van der Waals surface area contributed by atoms with E-state index in [0.717, 1.165) is 3.83 Å². The third-order valence-electron chi connectivity index (χ3n) is 0.564. The summed E-state index contributed by atoms with van der Waals surface area (Å²) in [6.07, 6.45) is 1.59. The van der Waals surface area contributed by atoms with Gasteiger partial charge in [-0.3, -0.25) is 0 Å². The van der Waals surface area contributed by atoms with Crippen molar-refractivity contribution in [1.29, 1.82) is 0 Å². The van der Waals surface area contributed by atoms with Gasteiger partial charge in [-0.2, -0.15) is 0 Å². The number of hydrogen-bond acceptors (Lipinski definition) is 2. The first-order valence-corrected chi connectivity index (χ1v) is 2.83. The van der Waals surface area contributed by atoms with Crippen LogP contribution in [0.3, 0.4) is 0 Å². The van der Waals surface area contributed by atoms with Crippen molar-refractivity contribution in [3.63, 3.8) is 0 Å². The van der Waals surface area contributed by atoms with E-state index in [1.165, 1.54) is 0 Å². The van der Waals surface area contributed by atoms with Crippen LogP contribution in [0.2, 0.25) is 0 Å². The molecule has 0 saturated heterocycles. The SMILES string of the molecule is Nc1cnc(I)[nH]1. The van der Waals surface area contributed by atoms with Crippen LogP contribution in [0.25, 0.3) is 0 Å². The Labute approximate surface area is 54.5 Å². The van der Waals surface area contributed by atoms with Gasteiger partial charge in [0.2, 0.25) is 0 Å². The van der Waals surface area contributed by atoms with Crippen molar-refractivity contribution >= 4 is 28.4 Å². The molecule has 0 atom stereocenters. The van der Waals surface area contributed by atoms with Crippen molar-refractivity contribution in [2.75, 3.05) is 5.73 Å². The van der Waals surface area contributed by atoms with Gasteiger partial charge in [0, 0.05) is 0 Å². The maximum Gasteiger partial charge on any atom is 0.170 e. The van der Waals surface area contributed by atoms with Crippen LogP contribution < -0.4 is 5.73 Å². The minimum Gasteiger partial charge on any atom is -0.384 e. The van der Waals surface area contributed by atoms with Crippen molar-refractivity contribution in [3.8, 4) is 0 Å². The number of anilines is 1. The van der Waals surface area contributed by atoms with Crippen LogP contribution in [0.4, 0.5) is 5.82 Å². The first kappa shape index (κ1) is 4.89. The van der Waals surface area contributed by atoms with Gasteiger partial charge in [0.05, 0.1) is 6.20 Å². The fourth-order valence-electron chi connectivity index (χ4n) is 0.310. The van der Waals surface area contributed by atoms with E-state index in [1.54, 1.807) is 6.20 Å². The Kier molecular flexibility index (Phi) is 1.18. The molecular weight excluding hydrogens is 205 g/mol. The number of aromatic amines is 1. The molecule has 0 fully saturated rings. The monoisotopic (exact) mass is 209 g/mol. The minimum absolute atomic E-state index is 0.615. The number of nitrogens with zero attached hydrogens (tertiary/aromatic N) is 1. The number of nitrogen functional groups attached to an aromatic ring is 1. The van der Waals surface area contributed by atoms with Gasteiger partial charge in [-0.1, -0.05) is 0 Å². The number of aromatic nitrogens is 2. The molecular formula is C3H4IN3. The summed E-state index contributed by atoms with van der Waals surface area (Å²) in [5.41, 5.74) is 5.26. The van der Waals surface area contributed by atoms with E-state index in [2.05, 4.69) is 32.6 Å². The number of H-pyrrole nitrogens is 1. The molecule has 0 spiro atoms. The summed E-state index contributed by atoms with van der Waals surface area (Å²) in [7, 11) is 0. The number of imidazole rings is 1. The lowest BCUT2D eigenvalue weighted by Gasteiger charge is -1.73. The zero-order valence-electron chi connectivity index (χ0n) is 3.48. The third-order valence-corrected chi connectivity index (χ3v) is 1.11. The molecule has 7 heavy (non-hydrogen) atoms. The Bertz CT molecular complexity index is 142. The van der Waals surface area contributed by atoms with Crippen LogP contribution in [0, 0.1) is 3.83 Å². The van der Waals surface area contributed by atoms with E-state index >= 15 is 0 Å². The molecule has 0 bridgehead atoms. The molecule has 0 aliphatic rings. The highest BCUT2D eigenvalue weighted by atomic mass is 127. The minimum atomic E-state index is 0.615. The van der Waals surface area contributed by atoms with Crippen LogP contribution in [0.15, 0.2) is 6.20 Å². The van der Waals surface area contributed by atoms with Crippen molar-refractivity contribution in [2.45, 2.75) is 0 Å². The topological polar surface area (TPSA) is 54.7 Å². The lowest BCUT2D eigenvalue weighted by Crippen LogP contribution is -1.81. The fraction of sp³-hybridized carbons (Fsp3) is 0. The first-order valence-electron chi connectivity index (χ1n) is 1.75. The molecule has 4 heteroatoms. The predicted octanol–water partition coefficient (Wildman–Crippen LogP) is 0.597. The van der Waals surface area contributed by atoms with Crippen LogP contribution >= 0.6 is 22.6 Å². The zero-order valence-corrected chi connectivity index (χ0v) is 5.64. The summed E-state index contributed by atoms with van der Waals surface area (Å²) in [6.45, 7) is 0. The number of halogens is 1. The average Bonchev–Trinajstić information content (AvgIpc) is 1.87. The van der Waals surface area contributed by atoms with Crippen molar-refractivity contribution in [3.05, 3.63) is 10.0 Å². The molecule has 3 nitrogen and oxygen atoms in total. The molecule has 1 heterocycles. The van der Waals surface area contributed by atoms with Gasteiger partial charge in [0.25, 0.3) is 0 Å². The van der Waals surface area contributed by atoms with Crippen molar-refractivity contribution in [2.24, 2.45) is 0 Å². The second-order valence-electron chi connectivity index (χ2n) is 1.13.